The molecule has 1 N–H and O–H groups in total. The van der Waals surface area contributed by atoms with E-state index in [4.69, 9.17) is 0 Å². The highest BCUT2D eigenvalue weighted by Crippen LogP contribution is 2.29. The molecule has 0 aliphatic carbocycles. The number of thiol groups is 1. The summed E-state index contributed by atoms with van der Waals surface area (Å²) < 4.78 is 29.0. The normalized spacial score (nSPS) is 16.9. The molecule has 0 spiro atoms. The van der Waals surface area contributed by atoms with Gasteiger partial charge in [0.25, 0.3) is 0 Å². The fourth-order valence-electron chi connectivity index (χ4n) is 1.73. The summed E-state index contributed by atoms with van der Waals surface area (Å²) in [6.07, 6.45) is 0.596. The summed E-state index contributed by atoms with van der Waals surface area (Å²) in [6, 6.07) is 6.59. The van der Waals surface area contributed by atoms with Gasteiger partial charge in [0.1, 0.15) is 5.82 Å². The van der Waals surface area contributed by atoms with Gasteiger partial charge in [0.15, 0.2) is 0 Å². The van der Waals surface area contributed by atoms with E-state index >= 15 is 0 Å². The lowest BCUT2D eigenvalue weighted by molar-refractivity contribution is 0.407. The number of nitrogens with one attached hydrogen (secondary N) is 1. The lowest BCUT2D eigenvalue weighted by Gasteiger charge is -2.33. The van der Waals surface area contributed by atoms with Crippen molar-refractivity contribution < 1.29 is 8.60 Å². The fraction of sp³-hybridized carbons (Fsp3) is 0.571. The molecule has 0 fully saturated rings. The van der Waals surface area contributed by atoms with E-state index in [0.717, 1.165) is 0 Å². The van der Waals surface area contributed by atoms with Crippen LogP contribution in [0, 0.1) is 5.82 Å². The summed E-state index contributed by atoms with van der Waals surface area (Å²) in [5.41, 5.74) is -0.160. The number of benzene rings is 1. The van der Waals surface area contributed by atoms with E-state index in [-0.39, 0.29) is 5.82 Å². The monoisotopic (exact) mass is 303 g/mol. The summed E-state index contributed by atoms with van der Waals surface area (Å²) in [5.74, 6) is 0.296. The fourth-order valence-corrected chi connectivity index (χ4v) is 3.11. The molecule has 1 aromatic carbocycles. The zero-order chi connectivity index (χ0) is 14.7. The summed E-state index contributed by atoms with van der Waals surface area (Å²) >= 11 is 4.23. The first-order valence-corrected chi connectivity index (χ1v) is 8.04. The number of hydrogen-bond donors (Lipinski definition) is 2. The van der Waals surface area contributed by atoms with Gasteiger partial charge in [-0.1, -0.05) is 18.2 Å². The Balaban J connectivity index is 3.11. The molecule has 0 bridgehead atoms. The molecule has 1 rings (SSSR count). The van der Waals surface area contributed by atoms with Crippen molar-refractivity contribution in [1.29, 1.82) is 0 Å². The Morgan fingerprint density at radius 3 is 2.32 bits per heavy atom. The summed E-state index contributed by atoms with van der Waals surface area (Å²) in [6.45, 7) is 7.53. The second kappa shape index (κ2) is 6.37. The highest BCUT2D eigenvalue weighted by Gasteiger charge is 2.33. The maximum Gasteiger partial charge on any atom is 0.128 e. The molecule has 0 aromatic heterocycles. The minimum Gasteiger partial charge on any atom is -0.242 e. The molecule has 0 aliphatic rings. The minimum absolute atomic E-state index is 0.287. The average Bonchev–Trinajstić information content (AvgIpc) is 2.28. The third-order valence-electron chi connectivity index (χ3n) is 2.95. The molecule has 0 heterocycles. The molecule has 2 nitrogen and oxygen atoms in total. The minimum atomic E-state index is -1.27. The lowest BCUT2D eigenvalue weighted by Crippen LogP contribution is -2.46. The second-order valence-corrected chi connectivity index (χ2v) is 8.18. The third kappa shape index (κ3) is 4.29. The molecule has 5 heteroatoms. The first-order chi connectivity index (χ1) is 8.70. The second-order valence-electron chi connectivity index (χ2n) is 5.77. The summed E-state index contributed by atoms with van der Waals surface area (Å²) in [4.78, 5) is 0. The van der Waals surface area contributed by atoms with Crippen molar-refractivity contribution >= 4 is 23.6 Å². The lowest BCUT2D eigenvalue weighted by atomic mass is 9.90. The SMILES string of the molecule is CC(C)(C)[S@@](=O)N[C@@](C)(CCS)c1ccccc1F. The van der Waals surface area contributed by atoms with Crippen molar-refractivity contribution in [2.75, 3.05) is 5.75 Å². The van der Waals surface area contributed by atoms with E-state index in [1.165, 1.54) is 6.07 Å². The van der Waals surface area contributed by atoms with Gasteiger partial charge in [-0.3, -0.25) is 0 Å². The van der Waals surface area contributed by atoms with Crippen LogP contribution in [0.5, 0.6) is 0 Å². The number of rotatable bonds is 5. The topological polar surface area (TPSA) is 29.1 Å². The van der Waals surface area contributed by atoms with Gasteiger partial charge in [0.2, 0.25) is 0 Å². The van der Waals surface area contributed by atoms with E-state index in [1.807, 2.05) is 27.7 Å². The van der Waals surface area contributed by atoms with Crippen molar-refractivity contribution in [3.05, 3.63) is 35.6 Å². The van der Waals surface area contributed by atoms with Crippen molar-refractivity contribution in [3.8, 4) is 0 Å². The predicted octanol–water partition coefficient (Wildman–Crippen LogP) is 3.41. The van der Waals surface area contributed by atoms with Gasteiger partial charge in [-0.15, -0.1) is 0 Å². The molecule has 1 aromatic rings. The van der Waals surface area contributed by atoms with Gasteiger partial charge >= 0.3 is 0 Å². The standard InChI is InChI=1S/C14H22FNOS2/c1-13(2,3)19(17)16-14(4,9-10-18)11-7-5-6-8-12(11)15/h5-8,16,18H,9-10H2,1-4H3/t14-,19+/m0/s1. The van der Waals surface area contributed by atoms with Crippen LogP contribution in [-0.4, -0.2) is 14.7 Å². The summed E-state index contributed by atoms with van der Waals surface area (Å²) in [7, 11) is -1.27. The van der Waals surface area contributed by atoms with Crippen molar-refractivity contribution in [2.45, 2.75) is 44.4 Å². The maximum absolute atomic E-state index is 14.0. The third-order valence-corrected chi connectivity index (χ3v) is 4.93. The first kappa shape index (κ1) is 16.7. The number of halogens is 1. The number of hydrogen-bond acceptors (Lipinski definition) is 2. The molecule has 19 heavy (non-hydrogen) atoms. The quantitative estimate of drug-likeness (QED) is 0.802. The Morgan fingerprint density at radius 2 is 1.84 bits per heavy atom. The van der Waals surface area contributed by atoms with Gasteiger partial charge in [-0.2, -0.15) is 12.6 Å². The smallest absolute Gasteiger partial charge is 0.128 e. The Bertz CT molecular complexity index is 459. The maximum atomic E-state index is 14.0. The molecule has 0 saturated heterocycles. The van der Waals surface area contributed by atoms with Crippen molar-refractivity contribution in [1.82, 2.24) is 4.72 Å². The molecule has 0 radical (unpaired) electrons. The van der Waals surface area contributed by atoms with E-state index in [2.05, 4.69) is 17.4 Å². The van der Waals surface area contributed by atoms with Crippen LogP contribution in [0.2, 0.25) is 0 Å². The van der Waals surface area contributed by atoms with Crippen LogP contribution in [0.1, 0.15) is 39.7 Å². The molecule has 2 atom stereocenters. The van der Waals surface area contributed by atoms with Crippen molar-refractivity contribution in [2.24, 2.45) is 0 Å². The molecule has 0 amide bonds. The Labute approximate surface area is 123 Å². The van der Waals surface area contributed by atoms with Crippen LogP contribution < -0.4 is 4.72 Å². The van der Waals surface area contributed by atoms with E-state index in [1.54, 1.807) is 18.2 Å². The van der Waals surface area contributed by atoms with Crippen LogP contribution in [-0.2, 0) is 16.5 Å². The molecule has 108 valence electrons. The first-order valence-electron chi connectivity index (χ1n) is 6.26. The molecule has 0 unspecified atom stereocenters. The Hall–Kier alpha value is -0.390. The molecular formula is C14H22FNOS2. The van der Waals surface area contributed by atoms with Crippen LogP contribution in [0.4, 0.5) is 4.39 Å². The van der Waals surface area contributed by atoms with Gasteiger partial charge in [0.05, 0.1) is 21.3 Å². The largest absolute Gasteiger partial charge is 0.242 e. The van der Waals surface area contributed by atoms with Crippen LogP contribution in [0.25, 0.3) is 0 Å². The molecule has 0 aliphatic heterocycles. The van der Waals surface area contributed by atoms with E-state index in [0.29, 0.717) is 17.7 Å². The highest BCUT2D eigenvalue weighted by molar-refractivity contribution is 7.84. The zero-order valence-corrected chi connectivity index (χ0v) is 13.6. The van der Waals surface area contributed by atoms with Crippen LogP contribution in [0.15, 0.2) is 24.3 Å². The van der Waals surface area contributed by atoms with Gasteiger partial charge < -0.3 is 0 Å². The van der Waals surface area contributed by atoms with Crippen LogP contribution >= 0.6 is 12.6 Å². The Morgan fingerprint density at radius 1 is 1.26 bits per heavy atom. The predicted molar refractivity (Wildman–Crippen MR) is 83.3 cm³/mol. The van der Waals surface area contributed by atoms with Crippen molar-refractivity contribution in [3.63, 3.8) is 0 Å². The van der Waals surface area contributed by atoms with Gasteiger partial charge in [-0.05, 0) is 45.9 Å². The van der Waals surface area contributed by atoms with E-state index < -0.39 is 21.3 Å². The molecular weight excluding hydrogens is 281 g/mol. The van der Waals surface area contributed by atoms with E-state index in [9.17, 15) is 8.60 Å². The zero-order valence-electron chi connectivity index (χ0n) is 11.9. The molecule has 0 saturated carbocycles. The average molecular weight is 303 g/mol. The Kier molecular flexibility index (Phi) is 5.59. The van der Waals surface area contributed by atoms with Crippen LogP contribution in [0.3, 0.4) is 0 Å². The van der Waals surface area contributed by atoms with Gasteiger partial charge in [-0.25, -0.2) is 13.3 Å². The van der Waals surface area contributed by atoms with Gasteiger partial charge in [0, 0.05) is 5.56 Å². The highest BCUT2D eigenvalue weighted by atomic mass is 32.2. The summed E-state index contributed by atoms with van der Waals surface area (Å²) in [5, 5.41) is 0.